The van der Waals surface area contributed by atoms with Crippen molar-refractivity contribution in [2.24, 2.45) is 0 Å². The van der Waals surface area contributed by atoms with Crippen LogP contribution >= 0.6 is 0 Å². The minimum Gasteiger partial charge on any atom is -0.467 e. The van der Waals surface area contributed by atoms with E-state index in [0.717, 1.165) is 17.0 Å². The van der Waals surface area contributed by atoms with E-state index in [1.54, 1.807) is 0 Å². The Morgan fingerprint density at radius 3 is 2.16 bits per heavy atom. The molecule has 0 saturated carbocycles. The summed E-state index contributed by atoms with van der Waals surface area (Å²) in [6.07, 6.45) is 0. The van der Waals surface area contributed by atoms with Crippen LogP contribution in [-0.2, 0) is 6.54 Å². The molecule has 2 aromatic rings. The zero-order valence-electron chi connectivity index (χ0n) is 11.2. The second-order valence-electron chi connectivity index (χ2n) is 3.79. The van der Waals surface area contributed by atoms with Crippen molar-refractivity contribution in [3.63, 3.8) is 0 Å². The molecule has 102 valence electrons. The number of nitrogens with zero attached hydrogens (tertiary/aromatic N) is 4. The molecule has 0 radical (unpaired) electrons. The molecule has 2 heterocycles. The van der Waals surface area contributed by atoms with Gasteiger partial charge in [0.15, 0.2) is 0 Å². The third kappa shape index (κ3) is 2.90. The molecule has 0 atom stereocenters. The van der Waals surface area contributed by atoms with E-state index in [4.69, 9.17) is 14.0 Å². The highest BCUT2D eigenvalue weighted by molar-refractivity contribution is 5.31. The number of anilines is 1. The quantitative estimate of drug-likeness (QED) is 0.858. The zero-order valence-corrected chi connectivity index (χ0v) is 11.2. The molecule has 0 amide bonds. The lowest BCUT2D eigenvalue weighted by Gasteiger charge is -2.07. The van der Waals surface area contributed by atoms with E-state index in [0.29, 0.717) is 12.5 Å². The number of rotatable bonds is 5. The first kappa shape index (κ1) is 13.1. The molecule has 0 fully saturated rings. The van der Waals surface area contributed by atoms with E-state index in [-0.39, 0.29) is 12.0 Å². The van der Waals surface area contributed by atoms with Gasteiger partial charge in [0.25, 0.3) is 0 Å². The van der Waals surface area contributed by atoms with Gasteiger partial charge in [0.2, 0.25) is 5.95 Å². The van der Waals surface area contributed by atoms with Gasteiger partial charge in [-0.1, -0.05) is 5.16 Å². The monoisotopic (exact) mass is 265 g/mol. The van der Waals surface area contributed by atoms with Gasteiger partial charge in [-0.15, -0.1) is 4.98 Å². The Hall–Kier alpha value is -2.38. The van der Waals surface area contributed by atoms with Gasteiger partial charge < -0.3 is 19.3 Å². The number of aryl methyl sites for hydroxylation is 2. The van der Waals surface area contributed by atoms with Gasteiger partial charge in [-0.05, 0) is 13.8 Å². The number of ether oxygens (including phenoxy) is 2. The molecule has 2 aromatic heterocycles. The third-order valence-electron chi connectivity index (χ3n) is 2.56. The predicted molar refractivity (Wildman–Crippen MR) is 66.2 cm³/mol. The number of nitrogens with one attached hydrogen (secondary N) is 1. The summed E-state index contributed by atoms with van der Waals surface area (Å²) >= 11 is 0. The molecule has 0 unspecified atom stereocenters. The van der Waals surface area contributed by atoms with Crippen molar-refractivity contribution < 1.29 is 14.0 Å². The highest BCUT2D eigenvalue weighted by Gasteiger charge is 2.11. The Balaban J connectivity index is 2.15. The average Bonchev–Trinajstić information content (AvgIpc) is 2.75. The second-order valence-corrected chi connectivity index (χ2v) is 3.79. The number of hydrogen-bond acceptors (Lipinski definition) is 8. The molecule has 0 aliphatic carbocycles. The van der Waals surface area contributed by atoms with Crippen LogP contribution in [-0.4, -0.2) is 34.3 Å². The summed E-state index contributed by atoms with van der Waals surface area (Å²) in [6.45, 7) is 4.23. The van der Waals surface area contributed by atoms with Crippen molar-refractivity contribution in [2.45, 2.75) is 20.4 Å². The van der Waals surface area contributed by atoms with E-state index in [1.165, 1.54) is 14.2 Å². The molecule has 8 nitrogen and oxygen atoms in total. The van der Waals surface area contributed by atoms with Crippen molar-refractivity contribution in [3.8, 4) is 12.0 Å². The second kappa shape index (κ2) is 5.51. The van der Waals surface area contributed by atoms with Crippen molar-refractivity contribution in [1.29, 1.82) is 0 Å². The lowest BCUT2D eigenvalue weighted by atomic mass is 10.2. The van der Waals surface area contributed by atoms with Crippen LogP contribution in [0.25, 0.3) is 0 Å². The van der Waals surface area contributed by atoms with E-state index in [1.807, 2.05) is 13.8 Å². The highest BCUT2D eigenvalue weighted by atomic mass is 16.5. The van der Waals surface area contributed by atoms with Crippen molar-refractivity contribution in [1.82, 2.24) is 20.1 Å². The summed E-state index contributed by atoms with van der Waals surface area (Å²) < 4.78 is 15.0. The van der Waals surface area contributed by atoms with Crippen LogP contribution < -0.4 is 14.8 Å². The fourth-order valence-electron chi connectivity index (χ4n) is 1.52. The fraction of sp³-hybridized carbons (Fsp3) is 0.455. The topological polar surface area (TPSA) is 95.2 Å². The van der Waals surface area contributed by atoms with Crippen LogP contribution in [0.1, 0.15) is 17.0 Å². The molecule has 1 N–H and O–H groups in total. The van der Waals surface area contributed by atoms with E-state index < -0.39 is 0 Å². The molecular formula is C11H15N5O3. The minimum atomic E-state index is 0.188. The Morgan fingerprint density at radius 1 is 1.05 bits per heavy atom. The van der Waals surface area contributed by atoms with Crippen LogP contribution in [0.5, 0.6) is 12.0 Å². The molecule has 0 spiro atoms. The van der Waals surface area contributed by atoms with Crippen LogP contribution in [0.2, 0.25) is 0 Å². The normalized spacial score (nSPS) is 10.3. The molecule has 0 aliphatic rings. The van der Waals surface area contributed by atoms with Gasteiger partial charge >= 0.3 is 12.0 Å². The first-order valence-corrected chi connectivity index (χ1v) is 5.63. The molecule has 0 aliphatic heterocycles. The van der Waals surface area contributed by atoms with Crippen molar-refractivity contribution >= 4 is 5.95 Å². The van der Waals surface area contributed by atoms with Gasteiger partial charge in [-0.25, -0.2) is 0 Å². The highest BCUT2D eigenvalue weighted by Crippen LogP contribution is 2.16. The number of hydrogen-bond donors (Lipinski definition) is 1. The van der Waals surface area contributed by atoms with E-state index >= 15 is 0 Å². The Kier molecular flexibility index (Phi) is 3.79. The summed E-state index contributed by atoms with van der Waals surface area (Å²) in [4.78, 5) is 12.1. The predicted octanol–water partition coefficient (Wildman–Crippen LogP) is 1.11. The molecule has 0 bridgehead atoms. The van der Waals surface area contributed by atoms with Crippen LogP contribution in [0, 0.1) is 13.8 Å². The first-order valence-electron chi connectivity index (χ1n) is 5.63. The van der Waals surface area contributed by atoms with E-state index in [9.17, 15) is 0 Å². The molecule has 2 rings (SSSR count). The SMILES string of the molecule is COc1nc(NCc2c(C)noc2C)nc(OC)n1. The first-order chi connectivity index (χ1) is 9.13. The standard InChI is InChI=1S/C11H15N5O3/c1-6-8(7(2)19-16-6)5-12-9-13-10(17-3)15-11(14-9)18-4/h5H2,1-4H3,(H,12,13,14,15). The smallest absolute Gasteiger partial charge is 0.324 e. The minimum absolute atomic E-state index is 0.188. The Labute approximate surface area is 110 Å². The average molecular weight is 265 g/mol. The maximum atomic E-state index is 5.08. The Bertz CT molecular complexity index is 528. The fourth-order valence-corrected chi connectivity index (χ4v) is 1.52. The molecule has 0 saturated heterocycles. The van der Waals surface area contributed by atoms with Gasteiger partial charge in [0, 0.05) is 12.1 Å². The summed E-state index contributed by atoms with van der Waals surface area (Å²) in [6, 6.07) is 0.376. The summed E-state index contributed by atoms with van der Waals surface area (Å²) in [5, 5.41) is 6.93. The van der Waals surface area contributed by atoms with Crippen molar-refractivity contribution in [3.05, 3.63) is 17.0 Å². The third-order valence-corrected chi connectivity index (χ3v) is 2.56. The molecular weight excluding hydrogens is 250 g/mol. The lowest BCUT2D eigenvalue weighted by molar-refractivity contribution is 0.341. The largest absolute Gasteiger partial charge is 0.467 e. The van der Waals surface area contributed by atoms with Gasteiger partial charge in [0.1, 0.15) is 5.76 Å². The molecule has 0 aromatic carbocycles. The van der Waals surface area contributed by atoms with Gasteiger partial charge in [-0.3, -0.25) is 0 Å². The van der Waals surface area contributed by atoms with Crippen LogP contribution in [0.4, 0.5) is 5.95 Å². The maximum absolute atomic E-state index is 5.08. The number of aromatic nitrogens is 4. The summed E-state index contributed by atoms with van der Waals surface area (Å²) in [7, 11) is 2.96. The van der Waals surface area contributed by atoms with Crippen molar-refractivity contribution in [2.75, 3.05) is 19.5 Å². The summed E-state index contributed by atoms with van der Waals surface area (Å²) in [5.41, 5.74) is 1.80. The molecule has 8 heteroatoms. The number of methoxy groups -OCH3 is 2. The molecule has 19 heavy (non-hydrogen) atoms. The van der Waals surface area contributed by atoms with E-state index in [2.05, 4.69) is 25.4 Å². The van der Waals surface area contributed by atoms with Gasteiger partial charge in [-0.2, -0.15) is 9.97 Å². The maximum Gasteiger partial charge on any atom is 0.324 e. The lowest BCUT2D eigenvalue weighted by Crippen LogP contribution is -2.08. The Morgan fingerprint density at radius 2 is 1.68 bits per heavy atom. The summed E-state index contributed by atoms with van der Waals surface area (Å²) in [5.74, 6) is 1.13. The van der Waals surface area contributed by atoms with Crippen LogP contribution in [0.3, 0.4) is 0 Å². The zero-order chi connectivity index (χ0) is 13.8. The van der Waals surface area contributed by atoms with Crippen LogP contribution in [0.15, 0.2) is 4.52 Å². The van der Waals surface area contributed by atoms with Gasteiger partial charge in [0.05, 0.1) is 19.9 Å².